The van der Waals surface area contributed by atoms with Crippen molar-refractivity contribution in [1.82, 2.24) is 9.88 Å². The first-order valence-electron chi connectivity index (χ1n) is 6.57. The molecule has 0 aliphatic rings. The monoisotopic (exact) mass is 306 g/mol. The topological polar surface area (TPSA) is 62.7 Å². The van der Waals surface area contributed by atoms with Gasteiger partial charge in [-0.15, -0.1) is 11.3 Å². The van der Waals surface area contributed by atoms with Crippen LogP contribution in [0.1, 0.15) is 11.4 Å². The van der Waals surface area contributed by atoms with Gasteiger partial charge in [-0.1, -0.05) is 12.1 Å². The molecule has 21 heavy (non-hydrogen) atoms. The smallest absolute Gasteiger partial charge is 0.304 e. The second-order valence-corrected chi connectivity index (χ2v) is 5.68. The highest BCUT2D eigenvalue weighted by molar-refractivity contribution is 7.09. The van der Waals surface area contributed by atoms with E-state index >= 15 is 0 Å². The number of nitrogens with zero attached hydrogens (tertiary/aromatic N) is 2. The third-order valence-corrected chi connectivity index (χ3v) is 3.86. The van der Waals surface area contributed by atoms with E-state index in [1.54, 1.807) is 18.4 Å². The zero-order chi connectivity index (χ0) is 15.2. The van der Waals surface area contributed by atoms with E-state index in [-0.39, 0.29) is 6.42 Å². The molecule has 1 N–H and O–H groups in total. The highest BCUT2D eigenvalue weighted by Gasteiger charge is 2.09. The molecule has 1 heterocycles. The Labute approximate surface area is 127 Å². The number of thiazole rings is 1. The fourth-order valence-corrected chi connectivity index (χ4v) is 2.78. The minimum Gasteiger partial charge on any atom is -0.497 e. The molecule has 2 aromatic rings. The van der Waals surface area contributed by atoms with Gasteiger partial charge in [0.25, 0.3) is 0 Å². The van der Waals surface area contributed by atoms with Gasteiger partial charge in [0.2, 0.25) is 0 Å². The second-order valence-electron chi connectivity index (χ2n) is 4.74. The molecule has 0 bridgehead atoms. The molecule has 0 aliphatic heterocycles. The van der Waals surface area contributed by atoms with Crippen LogP contribution in [0, 0.1) is 0 Å². The molecule has 0 spiro atoms. The number of ether oxygens (including phenoxy) is 1. The highest BCUT2D eigenvalue weighted by atomic mass is 32.1. The number of aromatic nitrogens is 1. The van der Waals surface area contributed by atoms with Crippen molar-refractivity contribution in [3.8, 4) is 17.0 Å². The fraction of sp³-hybridized carbons (Fsp3) is 0.333. The summed E-state index contributed by atoms with van der Waals surface area (Å²) in [5.41, 5.74) is 1.94. The number of aliphatic carboxylic acids is 1. The van der Waals surface area contributed by atoms with Crippen LogP contribution < -0.4 is 4.74 Å². The summed E-state index contributed by atoms with van der Waals surface area (Å²) in [5.74, 6) is 0.0266. The van der Waals surface area contributed by atoms with Crippen LogP contribution in [0.15, 0.2) is 29.6 Å². The summed E-state index contributed by atoms with van der Waals surface area (Å²) in [6.07, 6.45) is 0.143. The van der Waals surface area contributed by atoms with Crippen LogP contribution in [0.25, 0.3) is 11.3 Å². The standard InChI is InChI=1S/C15H18N2O3S/c1-17(7-6-15(18)19)9-14-16-13(10-21-14)11-4-3-5-12(8-11)20-2/h3-5,8,10H,6-7,9H2,1-2H3,(H,18,19). The molecule has 1 aromatic carbocycles. The quantitative estimate of drug-likeness (QED) is 0.852. The van der Waals surface area contributed by atoms with E-state index in [4.69, 9.17) is 9.84 Å². The van der Waals surface area contributed by atoms with Gasteiger partial charge in [-0.05, 0) is 19.2 Å². The van der Waals surface area contributed by atoms with Crippen molar-refractivity contribution in [2.75, 3.05) is 20.7 Å². The van der Waals surface area contributed by atoms with Crippen molar-refractivity contribution >= 4 is 17.3 Å². The lowest BCUT2D eigenvalue weighted by molar-refractivity contribution is -0.137. The zero-order valence-corrected chi connectivity index (χ0v) is 12.9. The molecule has 2 rings (SSSR count). The van der Waals surface area contributed by atoms with Crippen LogP contribution in [0.4, 0.5) is 0 Å². The predicted octanol–water partition coefficient (Wildman–Crippen LogP) is 2.73. The molecular weight excluding hydrogens is 288 g/mol. The van der Waals surface area contributed by atoms with Crippen molar-refractivity contribution in [1.29, 1.82) is 0 Å². The van der Waals surface area contributed by atoms with E-state index in [2.05, 4.69) is 4.98 Å². The summed E-state index contributed by atoms with van der Waals surface area (Å²) in [6, 6.07) is 7.78. The Morgan fingerprint density at radius 3 is 3.00 bits per heavy atom. The van der Waals surface area contributed by atoms with Gasteiger partial charge in [-0.2, -0.15) is 0 Å². The van der Waals surface area contributed by atoms with Crippen LogP contribution in [-0.4, -0.2) is 41.7 Å². The third kappa shape index (κ3) is 4.54. The molecule has 0 saturated heterocycles. The van der Waals surface area contributed by atoms with E-state index in [0.717, 1.165) is 22.0 Å². The van der Waals surface area contributed by atoms with Crippen LogP contribution in [0.5, 0.6) is 5.75 Å². The molecule has 0 radical (unpaired) electrons. The summed E-state index contributed by atoms with van der Waals surface area (Å²) in [4.78, 5) is 17.1. The Balaban J connectivity index is 2.02. The molecule has 0 atom stereocenters. The summed E-state index contributed by atoms with van der Waals surface area (Å²) < 4.78 is 5.21. The number of benzene rings is 1. The number of hydrogen-bond donors (Lipinski definition) is 1. The zero-order valence-electron chi connectivity index (χ0n) is 12.1. The van der Waals surface area contributed by atoms with E-state index in [9.17, 15) is 4.79 Å². The summed E-state index contributed by atoms with van der Waals surface area (Å²) in [6.45, 7) is 1.17. The Morgan fingerprint density at radius 2 is 2.29 bits per heavy atom. The Hall–Kier alpha value is -1.92. The van der Waals surface area contributed by atoms with Gasteiger partial charge >= 0.3 is 5.97 Å². The summed E-state index contributed by atoms with van der Waals surface area (Å²) in [7, 11) is 3.54. The first-order chi connectivity index (χ1) is 10.1. The molecule has 0 unspecified atom stereocenters. The molecule has 1 aromatic heterocycles. The molecule has 0 amide bonds. The fourth-order valence-electron chi connectivity index (χ4n) is 1.89. The van der Waals surface area contributed by atoms with Crippen molar-refractivity contribution < 1.29 is 14.6 Å². The minimum atomic E-state index is -0.780. The van der Waals surface area contributed by atoms with E-state index in [1.807, 2.05) is 41.6 Å². The maximum atomic E-state index is 10.6. The molecule has 112 valence electrons. The molecule has 0 fully saturated rings. The van der Waals surface area contributed by atoms with Gasteiger partial charge < -0.3 is 9.84 Å². The number of carbonyl (C=O) groups is 1. The Bertz CT molecular complexity index is 612. The number of hydrogen-bond acceptors (Lipinski definition) is 5. The second kappa shape index (κ2) is 7.19. The predicted molar refractivity (Wildman–Crippen MR) is 82.7 cm³/mol. The largest absolute Gasteiger partial charge is 0.497 e. The maximum Gasteiger partial charge on any atom is 0.304 e. The van der Waals surface area contributed by atoms with Gasteiger partial charge in [0.15, 0.2) is 0 Å². The normalized spacial score (nSPS) is 10.8. The molecule has 0 saturated carbocycles. The lowest BCUT2D eigenvalue weighted by Gasteiger charge is -2.12. The first-order valence-corrected chi connectivity index (χ1v) is 7.45. The third-order valence-electron chi connectivity index (χ3n) is 3.03. The average molecular weight is 306 g/mol. The van der Waals surface area contributed by atoms with Gasteiger partial charge in [0.1, 0.15) is 10.8 Å². The van der Waals surface area contributed by atoms with Crippen LogP contribution in [0.2, 0.25) is 0 Å². The van der Waals surface area contributed by atoms with Crippen molar-refractivity contribution in [3.05, 3.63) is 34.7 Å². The number of carboxylic acids is 1. The minimum absolute atomic E-state index is 0.143. The van der Waals surface area contributed by atoms with Crippen LogP contribution in [0.3, 0.4) is 0 Å². The van der Waals surface area contributed by atoms with Crippen LogP contribution >= 0.6 is 11.3 Å². The SMILES string of the molecule is COc1cccc(-c2csc(CN(C)CCC(=O)O)n2)c1. The Morgan fingerprint density at radius 1 is 1.48 bits per heavy atom. The van der Waals surface area contributed by atoms with Gasteiger partial charge in [-0.3, -0.25) is 9.69 Å². The summed E-state index contributed by atoms with van der Waals surface area (Å²) >= 11 is 1.58. The van der Waals surface area contributed by atoms with Crippen LogP contribution in [-0.2, 0) is 11.3 Å². The molecule has 6 heteroatoms. The lowest BCUT2D eigenvalue weighted by atomic mass is 10.2. The Kier molecular flexibility index (Phi) is 5.30. The van der Waals surface area contributed by atoms with Gasteiger partial charge in [0.05, 0.1) is 25.8 Å². The van der Waals surface area contributed by atoms with Gasteiger partial charge in [-0.25, -0.2) is 4.98 Å². The van der Waals surface area contributed by atoms with Crippen molar-refractivity contribution in [3.63, 3.8) is 0 Å². The lowest BCUT2D eigenvalue weighted by Crippen LogP contribution is -2.21. The van der Waals surface area contributed by atoms with E-state index < -0.39 is 5.97 Å². The highest BCUT2D eigenvalue weighted by Crippen LogP contribution is 2.25. The average Bonchev–Trinajstić information content (AvgIpc) is 2.93. The van der Waals surface area contributed by atoms with Crippen molar-refractivity contribution in [2.24, 2.45) is 0 Å². The molecule has 5 nitrogen and oxygen atoms in total. The van der Waals surface area contributed by atoms with E-state index in [0.29, 0.717) is 13.1 Å². The van der Waals surface area contributed by atoms with E-state index in [1.165, 1.54) is 0 Å². The van der Waals surface area contributed by atoms with Crippen molar-refractivity contribution in [2.45, 2.75) is 13.0 Å². The first kappa shape index (κ1) is 15.5. The number of carboxylic acid groups (broad SMARTS) is 1. The number of methoxy groups -OCH3 is 1. The maximum absolute atomic E-state index is 10.6. The summed E-state index contributed by atoms with van der Waals surface area (Å²) in [5, 5.41) is 11.7. The van der Waals surface area contributed by atoms with Gasteiger partial charge in [0, 0.05) is 17.5 Å². The molecular formula is C15H18N2O3S. The number of rotatable bonds is 7. The molecule has 0 aliphatic carbocycles.